The standard InChI is InChI=1S/C17H17N7S/c1-24(15-8-9-19-17(23-15)25-2)16-21-13(10-14(22-16)20-11-18)12-6-4-3-5-7-12/h3-11H,1-2H3,(H2,18,20,21,22). The van der Waals surface area contributed by atoms with Gasteiger partial charge in [-0.3, -0.25) is 4.90 Å². The molecule has 8 heteroatoms. The molecule has 0 amide bonds. The van der Waals surface area contributed by atoms with Gasteiger partial charge in [-0.05, 0) is 12.3 Å². The Bertz CT molecular complexity index is 883. The number of benzene rings is 1. The van der Waals surface area contributed by atoms with Crippen molar-refractivity contribution in [1.82, 2.24) is 19.9 Å². The molecule has 0 saturated carbocycles. The Hall–Kier alpha value is -3.00. The van der Waals surface area contributed by atoms with Crippen LogP contribution in [0, 0.1) is 0 Å². The molecule has 0 spiro atoms. The lowest BCUT2D eigenvalue weighted by Gasteiger charge is -2.17. The first-order valence-electron chi connectivity index (χ1n) is 7.51. The van der Waals surface area contributed by atoms with Gasteiger partial charge >= 0.3 is 0 Å². The van der Waals surface area contributed by atoms with Crippen molar-refractivity contribution in [1.29, 1.82) is 0 Å². The molecule has 7 nitrogen and oxygen atoms in total. The molecule has 0 unspecified atom stereocenters. The van der Waals surface area contributed by atoms with Crippen molar-refractivity contribution in [3.05, 3.63) is 48.7 Å². The summed E-state index contributed by atoms with van der Waals surface area (Å²) in [5.41, 5.74) is 7.17. The van der Waals surface area contributed by atoms with Gasteiger partial charge in [-0.1, -0.05) is 42.1 Å². The third kappa shape index (κ3) is 3.92. The quantitative estimate of drug-likeness (QED) is 0.327. The van der Waals surface area contributed by atoms with Crippen LogP contribution in [-0.4, -0.2) is 39.6 Å². The Morgan fingerprint density at radius 3 is 2.64 bits per heavy atom. The van der Waals surface area contributed by atoms with E-state index < -0.39 is 0 Å². The molecule has 0 aliphatic carbocycles. The fourth-order valence-corrected chi connectivity index (χ4v) is 2.54. The molecule has 2 N–H and O–H groups in total. The van der Waals surface area contributed by atoms with E-state index in [0.717, 1.165) is 11.3 Å². The Morgan fingerprint density at radius 1 is 1.12 bits per heavy atom. The van der Waals surface area contributed by atoms with Gasteiger partial charge in [-0.25, -0.2) is 19.9 Å². The van der Waals surface area contributed by atoms with Gasteiger partial charge in [0.05, 0.1) is 12.0 Å². The van der Waals surface area contributed by atoms with Gasteiger partial charge in [0.25, 0.3) is 0 Å². The number of hydrogen-bond acceptors (Lipinski definition) is 7. The molecule has 0 atom stereocenters. The number of thioether (sulfide) groups is 1. The summed E-state index contributed by atoms with van der Waals surface area (Å²) in [7, 11) is 1.85. The zero-order chi connectivity index (χ0) is 17.6. The molecule has 126 valence electrons. The molecule has 2 heterocycles. The number of anilines is 2. The summed E-state index contributed by atoms with van der Waals surface area (Å²) in [5, 5.41) is 0.684. The second-order valence-electron chi connectivity index (χ2n) is 5.02. The van der Waals surface area contributed by atoms with Crippen LogP contribution in [-0.2, 0) is 0 Å². The highest BCUT2D eigenvalue weighted by Gasteiger charge is 2.13. The van der Waals surface area contributed by atoms with E-state index in [-0.39, 0.29) is 0 Å². The number of nitrogens with two attached hydrogens (primary N) is 1. The fourth-order valence-electron chi connectivity index (χ4n) is 2.19. The molecule has 0 aliphatic rings. The molecule has 0 radical (unpaired) electrons. The minimum atomic E-state index is 0.479. The Morgan fingerprint density at radius 2 is 1.92 bits per heavy atom. The summed E-state index contributed by atoms with van der Waals surface area (Å²) >= 11 is 1.48. The predicted octanol–water partition coefficient (Wildman–Crippen LogP) is 3.04. The highest BCUT2D eigenvalue weighted by atomic mass is 32.2. The highest BCUT2D eigenvalue weighted by Crippen LogP contribution is 2.26. The van der Waals surface area contributed by atoms with Gasteiger partial charge in [-0.2, -0.15) is 4.98 Å². The second kappa shape index (κ2) is 7.71. The zero-order valence-corrected chi connectivity index (χ0v) is 14.7. The van der Waals surface area contributed by atoms with Crippen LogP contribution in [0.5, 0.6) is 0 Å². The minimum absolute atomic E-state index is 0.479. The SMILES string of the molecule is CSc1nccc(N(C)c2nc(N=CN)cc(-c3ccccc3)n2)n1. The van der Waals surface area contributed by atoms with Crippen LogP contribution in [0.15, 0.2) is 58.8 Å². The first kappa shape index (κ1) is 16.8. The maximum atomic E-state index is 5.44. The molecular weight excluding hydrogens is 334 g/mol. The molecule has 1 aromatic carbocycles. The molecule has 3 aromatic rings. The summed E-state index contributed by atoms with van der Waals surface area (Å²) < 4.78 is 0. The van der Waals surface area contributed by atoms with E-state index in [4.69, 9.17) is 5.73 Å². The van der Waals surface area contributed by atoms with E-state index in [1.807, 2.05) is 49.7 Å². The van der Waals surface area contributed by atoms with E-state index in [1.165, 1.54) is 18.1 Å². The van der Waals surface area contributed by atoms with Gasteiger partial charge in [0, 0.05) is 24.9 Å². The second-order valence-corrected chi connectivity index (χ2v) is 5.79. The Labute approximate surface area is 150 Å². The highest BCUT2D eigenvalue weighted by molar-refractivity contribution is 7.98. The van der Waals surface area contributed by atoms with E-state index in [2.05, 4.69) is 24.9 Å². The van der Waals surface area contributed by atoms with Gasteiger partial charge in [0.2, 0.25) is 5.95 Å². The van der Waals surface area contributed by atoms with Crippen LogP contribution in [0.2, 0.25) is 0 Å². The topological polar surface area (TPSA) is 93.2 Å². The minimum Gasteiger partial charge on any atom is -0.390 e. The Kier molecular flexibility index (Phi) is 5.20. The van der Waals surface area contributed by atoms with Crippen LogP contribution in [0.25, 0.3) is 11.3 Å². The van der Waals surface area contributed by atoms with Crippen molar-refractivity contribution in [2.75, 3.05) is 18.2 Å². The predicted molar refractivity (Wildman–Crippen MR) is 102 cm³/mol. The van der Waals surface area contributed by atoms with Crippen LogP contribution in [0.4, 0.5) is 17.6 Å². The molecular formula is C17H17N7S. The lowest BCUT2D eigenvalue weighted by atomic mass is 10.1. The van der Waals surface area contributed by atoms with Crippen molar-refractivity contribution in [3.63, 3.8) is 0 Å². The Balaban J connectivity index is 2.06. The maximum Gasteiger partial charge on any atom is 0.233 e. The molecule has 2 aromatic heterocycles. The van der Waals surface area contributed by atoms with E-state index >= 15 is 0 Å². The number of hydrogen-bond donors (Lipinski definition) is 1. The van der Waals surface area contributed by atoms with Gasteiger partial charge < -0.3 is 5.73 Å². The van der Waals surface area contributed by atoms with Crippen LogP contribution >= 0.6 is 11.8 Å². The molecule has 0 fully saturated rings. The first-order valence-corrected chi connectivity index (χ1v) is 8.73. The number of rotatable bonds is 5. The molecule has 3 rings (SSSR count). The third-order valence-electron chi connectivity index (χ3n) is 3.42. The van der Waals surface area contributed by atoms with Gasteiger partial charge in [0.1, 0.15) is 5.82 Å². The van der Waals surface area contributed by atoms with E-state index in [1.54, 1.807) is 17.2 Å². The van der Waals surface area contributed by atoms with Crippen LogP contribution < -0.4 is 10.6 Å². The largest absolute Gasteiger partial charge is 0.390 e. The molecule has 0 saturated heterocycles. The monoisotopic (exact) mass is 351 g/mol. The third-order valence-corrected chi connectivity index (χ3v) is 3.98. The fraction of sp³-hybridized carbons (Fsp3) is 0.118. The van der Waals surface area contributed by atoms with Gasteiger partial charge in [0.15, 0.2) is 11.0 Å². The lowest BCUT2D eigenvalue weighted by molar-refractivity contribution is 0.925. The molecule has 0 aliphatic heterocycles. The smallest absolute Gasteiger partial charge is 0.233 e. The maximum absolute atomic E-state index is 5.44. The first-order chi connectivity index (χ1) is 12.2. The molecule has 0 bridgehead atoms. The molecule has 25 heavy (non-hydrogen) atoms. The average Bonchev–Trinajstić information content (AvgIpc) is 2.68. The van der Waals surface area contributed by atoms with Gasteiger partial charge in [-0.15, -0.1) is 0 Å². The number of aliphatic imine (C=N–C) groups is 1. The number of aromatic nitrogens is 4. The summed E-state index contributed by atoms with van der Waals surface area (Å²) in [6.07, 6.45) is 4.86. The van der Waals surface area contributed by atoms with Crippen molar-refractivity contribution in [3.8, 4) is 11.3 Å². The van der Waals surface area contributed by atoms with Crippen molar-refractivity contribution in [2.45, 2.75) is 5.16 Å². The van der Waals surface area contributed by atoms with Crippen LogP contribution in [0.3, 0.4) is 0 Å². The zero-order valence-electron chi connectivity index (χ0n) is 13.9. The van der Waals surface area contributed by atoms with Crippen molar-refractivity contribution < 1.29 is 0 Å². The summed E-state index contributed by atoms with van der Waals surface area (Å²) in [5.74, 6) is 1.66. The van der Waals surface area contributed by atoms with Crippen molar-refractivity contribution in [2.24, 2.45) is 10.7 Å². The average molecular weight is 351 g/mol. The summed E-state index contributed by atoms with van der Waals surface area (Å²) in [4.78, 5) is 23.7. The lowest BCUT2D eigenvalue weighted by Crippen LogP contribution is -2.15. The number of nitrogens with zero attached hydrogens (tertiary/aromatic N) is 6. The normalized spacial score (nSPS) is 11.0. The van der Waals surface area contributed by atoms with E-state index in [9.17, 15) is 0 Å². The summed E-state index contributed by atoms with van der Waals surface area (Å²) in [6, 6.07) is 13.5. The van der Waals surface area contributed by atoms with Crippen LogP contribution in [0.1, 0.15) is 0 Å². The van der Waals surface area contributed by atoms with Crippen molar-refractivity contribution >= 4 is 35.7 Å². The van der Waals surface area contributed by atoms with E-state index in [0.29, 0.717) is 22.7 Å². The summed E-state index contributed by atoms with van der Waals surface area (Å²) in [6.45, 7) is 0.